The molecule has 6 heteroatoms. The summed E-state index contributed by atoms with van der Waals surface area (Å²) in [6, 6.07) is 7.39. The number of piperidine rings is 1. The van der Waals surface area contributed by atoms with Crippen molar-refractivity contribution < 1.29 is 14.4 Å². The maximum atomic E-state index is 13.5. The summed E-state index contributed by atoms with van der Waals surface area (Å²) in [7, 11) is 0. The molecule has 3 atom stereocenters. The highest BCUT2D eigenvalue weighted by atomic mass is 16.2. The van der Waals surface area contributed by atoms with E-state index in [0.29, 0.717) is 25.9 Å². The highest BCUT2D eigenvalue weighted by Gasteiger charge is 2.43. The van der Waals surface area contributed by atoms with E-state index < -0.39 is 6.04 Å². The first-order valence-electron chi connectivity index (χ1n) is 9.51. The summed E-state index contributed by atoms with van der Waals surface area (Å²) in [4.78, 5) is 41.0. The van der Waals surface area contributed by atoms with Crippen LogP contribution in [-0.2, 0) is 20.8 Å². The summed E-state index contributed by atoms with van der Waals surface area (Å²) in [5, 5.41) is 2.90. The monoisotopic (exact) mass is 355 g/mol. The van der Waals surface area contributed by atoms with Crippen LogP contribution < -0.4 is 10.2 Å². The number of fused-ring (bicyclic) bond motifs is 1. The lowest BCUT2D eigenvalue weighted by Gasteiger charge is -2.41. The predicted molar refractivity (Wildman–Crippen MR) is 97.6 cm³/mol. The number of benzene rings is 1. The average molecular weight is 355 g/mol. The average Bonchev–Trinajstić information content (AvgIpc) is 3.24. The van der Waals surface area contributed by atoms with E-state index in [4.69, 9.17) is 0 Å². The van der Waals surface area contributed by atoms with Crippen molar-refractivity contribution in [3.05, 3.63) is 29.8 Å². The number of para-hydroxylation sites is 1. The number of hydrogen-bond acceptors (Lipinski definition) is 3. The Bertz CT molecular complexity index is 748. The van der Waals surface area contributed by atoms with Gasteiger partial charge in [-0.2, -0.15) is 0 Å². The van der Waals surface area contributed by atoms with Crippen LogP contribution in [0.25, 0.3) is 0 Å². The van der Waals surface area contributed by atoms with Gasteiger partial charge in [0.25, 0.3) is 0 Å². The molecular formula is C20H25N3O3. The van der Waals surface area contributed by atoms with Crippen LogP contribution in [0.1, 0.15) is 38.2 Å². The molecule has 0 radical (unpaired) electrons. The van der Waals surface area contributed by atoms with Crippen LogP contribution in [0.2, 0.25) is 0 Å². The normalized spacial score (nSPS) is 28.0. The molecule has 1 aromatic carbocycles. The number of amides is 3. The van der Waals surface area contributed by atoms with Gasteiger partial charge >= 0.3 is 0 Å². The minimum atomic E-state index is -0.462. The fraction of sp³-hybridized carbons (Fsp3) is 0.550. The predicted octanol–water partition coefficient (Wildman–Crippen LogP) is 1.48. The van der Waals surface area contributed by atoms with Crippen LogP contribution in [0.15, 0.2) is 24.3 Å². The third-order valence-corrected chi connectivity index (χ3v) is 5.99. The molecule has 0 saturated carbocycles. The molecule has 3 heterocycles. The van der Waals surface area contributed by atoms with E-state index in [1.807, 2.05) is 29.2 Å². The van der Waals surface area contributed by atoms with Crippen LogP contribution in [-0.4, -0.2) is 47.8 Å². The summed E-state index contributed by atoms with van der Waals surface area (Å²) in [6.07, 6.45) is 4.07. The van der Waals surface area contributed by atoms with E-state index in [2.05, 4.69) is 5.32 Å². The number of carbonyl (C=O) groups is 3. The van der Waals surface area contributed by atoms with E-state index in [1.54, 1.807) is 4.90 Å². The van der Waals surface area contributed by atoms with E-state index in [1.165, 1.54) is 6.92 Å². The second kappa shape index (κ2) is 6.74. The molecule has 0 aromatic heterocycles. The second-order valence-corrected chi connectivity index (χ2v) is 7.60. The molecule has 4 rings (SSSR count). The van der Waals surface area contributed by atoms with Gasteiger partial charge < -0.3 is 10.2 Å². The maximum absolute atomic E-state index is 13.5. The van der Waals surface area contributed by atoms with Crippen molar-refractivity contribution in [3.63, 3.8) is 0 Å². The molecule has 26 heavy (non-hydrogen) atoms. The molecule has 0 aliphatic carbocycles. The molecule has 138 valence electrons. The van der Waals surface area contributed by atoms with Gasteiger partial charge in [0.05, 0.1) is 0 Å². The Kier molecular flexibility index (Phi) is 4.42. The third-order valence-electron chi connectivity index (χ3n) is 5.99. The fourth-order valence-electron chi connectivity index (χ4n) is 4.78. The smallest absolute Gasteiger partial charge is 0.246 e. The van der Waals surface area contributed by atoms with E-state index in [-0.39, 0.29) is 29.7 Å². The number of likely N-dealkylation sites (tertiary alicyclic amines) is 1. The van der Waals surface area contributed by atoms with Crippen molar-refractivity contribution in [2.24, 2.45) is 5.92 Å². The van der Waals surface area contributed by atoms with Gasteiger partial charge in [0.1, 0.15) is 6.04 Å². The van der Waals surface area contributed by atoms with Crippen LogP contribution >= 0.6 is 0 Å². The van der Waals surface area contributed by atoms with Gasteiger partial charge in [-0.25, -0.2) is 0 Å². The van der Waals surface area contributed by atoms with Crippen molar-refractivity contribution in [1.29, 1.82) is 0 Å². The second-order valence-electron chi connectivity index (χ2n) is 7.60. The summed E-state index contributed by atoms with van der Waals surface area (Å²) in [6.45, 7) is 2.89. The van der Waals surface area contributed by atoms with Gasteiger partial charge in [-0.05, 0) is 30.9 Å². The van der Waals surface area contributed by atoms with Gasteiger partial charge in [0, 0.05) is 50.5 Å². The van der Waals surface area contributed by atoms with Gasteiger partial charge in [-0.15, -0.1) is 0 Å². The maximum Gasteiger partial charge on any atom is 0.246 e. The first kappa shape index (κ1) is 17.1. The Morgan fingerprint density at radius 3 is 2.69 bits per heavy atom. The summed E-state index contributed by atoms with van der Waals surface area (Å²) < 4.78 is 0. The standard InChI is InChI=1S/C20H25N3O3/c1-13(24)23-17-8-3-2-6-14(17)10-18(23)20(26)22-9-5-4-7-16(22)15-11-19(25)21-12-15/h2-3,6,8,15-16,18H,4-5,7,9-12H2,1H3,(H,21,25)/t15?,16?,18-/m0/s1. The lowest BCUT2D eigenvalue weighted by molar-refractivity contribution is -0.139. The number of carbonyl (C=O) groups excluding carboxylic acids is 3. The third kappa shape index (κ3) is 2.87. The number of anilines is 1. The molecule has 3 aliphatic heterocycles. The number of hydrogen-bond donors (Lipinski definition) is 1. The topological polar surface area (TPSA) is 69.7 Å². The quantitative estimate of drug-likeness (QED) is 0.874. The largest absolute Gasteiger partial charge is 0.356 e. The van der Waals surface area contributed by atoms with Gasteiger partial charge in [0.2, 0.25) is 17.7 Å². The Morgan fingerprint density at radius 1 is 1.15 bits per heavy atom. The summed E-state index contributed by atoms with van der Waals surface area (Å²) in [5.74, 6) is 0.188. The van der Waals surface area contributed by atoms with Crippen LogP contribution in [0, 0.1) is 5.92 Å². The SMILES string of the molecule is CC(=O)N1c2ccccc2C[C@H]1C(=O)N1CCCCC1C1CNC(=O)C1. The number of nitrogens with zero attached hydrogens (tertiary/aromatic N) is 2. The van der Waals surface area contributed by atoms with E-state index in [9.17, 15) is 14.4 Å². The fourth-order valence-corrected chi connectivity index (χ4v) is 4.78. The molecule has 6 nitrogen and oxygen atoms in total. The van der Waals surface area contributed by atoms with E-state index >= 15 is 0 Å². The highest BCUT2D eigenvalue weighted by Crippen LogP contribution is 2.35. The molecule has 2 fully saturated rings. The first-order chi connectivity index (χ1) is 12.6. The van der Waals surface area contributed by atoms with Gasteiger partial charge in [0.15, 0.2) is 0 Å². The molecule has 2 saturated heterocycles. The Labute approximate surface area is 153 Å². The molecule has 0 bridgehead atoms. The molecule has 1 aromatic rings. The zero-order valence-electron chi connectivity index (χ0n) is 15.1. The Morgan fingerprint density at radius 2 is 1.96 bits per heavy atom. The van der Waals surface area contributed by atoms with Crippen LogP contribution in [0.3, 0.4) is 0 Å². The molecule has 0 spiro atoms. The van der Waals surface area contributed by atoms with Gasteiger partial charge in [-0.1, -0.05) is 18.2 Å². The lowest BCUT2D eigenvalue weighted by Crippen LogP contribution is -2.55. The number of rotatable bonds is 2. The van der Waals surface area contributed by atoms with Crippen LogP contribution in [0.5, 0.6) is 0 Å². The highest BCUT2D eigenvalue weighted by molar-refractivity contribution is 6.02. The zero-order chi connectivity index (χ0) is 18.3. The van der Waals surface area contributed by atoms with Crippen molar-refractivity contribution in [1.82, 2.24) is 10.2 Å². The lowest BCUT2D eigenvalue weighted by atomic mass is 9.88. The number of nitrogens with one attached hydrogen (secondary N) is 1. The molecular weight excluding hydrogens is 330 g/mol. The van der Waals surface area contributed by atoms with Crippen molar-refractivity contribution in [2.75, 3.05) is 18.0 Å². The molecule has 3 amide bonds. The molecule has 1 N–H and O–H groups in total. The minimum absolute atomic E-state index is 0.0282. The Balaban J connectivity index is 1.59. The van der Waals surface area contributed by atoms with Crippen LogP contribution in [0.4, 0.5) is 5.69 Å². The van der Waals surface area contributed by atoms with Crippen molar-refractivity contribution >= 4 is 23.4 Å². The van der Waals surface area contributed by atoms with Gasteiger partial charge in [-0.3, -0.25) is 19.3 Å². The molecule has 2 unspecified atom stereocenters. The molecule has 3 aliphatic rings. The summed E-state index contributed by atoms with van der Waals surface area (Å²) in [5.41, 5.74) is 1.90. The van der Waals surface area contributed by atoms with Crippen molar-refractivity contribution in [3.8, 4) is 0 Å². The van der Waals surface area contributed by atoms with Crippen molar-refractivity contribution in [2.45, 2.75) is 51.1 Å². The van der Waals surface area contributed by atoms with E-state index in [0.717, 1.165) is 30.5 Å². The summed E-state index contributed by atoms with van der Waals surface area (Å²) >= 11 is 0. The zero-order valence-corrected chi connectivity index (χ0v) is 15.1. The Hall–Kier alpha value is -2.37. The minimum Gasteiger partial charge on any atom is -0.356 e. The first-order valence-corrected chi connectivity index (χ1v) is 9.51.